The van der Waals surface area contributed by atoms with Gasteiger partial charge >= 0.3 is 0 Å². The van der Waals surface area contributed by atoms with Gasteiger partial charge in [0.2, 0.25) is 0 Å². The Morgan fingerprint density at radius 3 is 1.42 bits per heavy atom. The Labute approximate surface area is 73.5 Å². The average Bonchev–Trinajstić information content (AvgIpc) is 2.05. The summed E-state index contributed by atoms with van der Waals surface area (Å²) in [6, 6.07) is 0. The minimum absolute atomic E-state index is 0. The zero-order chi connectivity index (χ0) is 8.69. The van der Waals surface area contributed by atoms with Crippen LogP contribution in [0.15, 0.2) is 0 Å². The molecule has 0 spiro atoms. The monoisotopic (exact) mass is 180 g/mol. The molecule has 4 N–H and O–H groups in total. The largest absolute Gasteiger partial charge is 0.396 e. The molecule has 4 heteroatoms. The Morgan fingerprint density at radius 2 is 1.17 bits per heavy atom. The summed E-state index contributed by atoms with van der Waals surface area (Å²) in [4.78, 5) is 0. The zero-order valence-electron chi connectivity index (χ0n) is 6.48. The molecule has 0 aromatic carbocycles. The quantitative estimate of drug-likeness (QED) is 0.432. The Bertz CT molecular complexity index is 83.1. The Kier molecular flexibility index (Phi) is 10.7. The van der Waals surface area contributed by atoms with Crippen LogP contribution in [0.4, 0.5) is 0 Å². The van der Waals surface area contributed by atoms with Crippen molar-refractivity contribution >= 4 is 0 Å². The van der Waals surface area contributed by atoms with Gasteiger partial charge in [0.25, 0.3) is 0 Å². The lowest BCUT2D eigenvalue weighted by molar-refractivity contribution is 0.0597. The van der Waals surface area contributed by atoms with Gasteiger partial charge in [0.05, 0.1) is 0 Å². The molecule has 4 nitrogen and oxygen atoms in total. The molecule has 12 heavy (non-hydrogen) atoms. The number of aliphatic hydroxyl groups is 4. The van der Waals surface area contributed by atoms with Crippen LogP contribution in [0.3, 0.4) is 0 Å². The molecule has 0 rings (SSSR count). The van der Waals surface area contributed by atoms with Crippen molar-refractivity contribution in [3.63, 3.8) is 0 Å². The van der Waals surface area contributed by atoms with Crippen LogP contribution in [0, 0.1) is 11.8 Å². The number of hydrogen-bond donors (Lipinski definition) is 4. The first-order chi connectivity index (χ1) is 5.29. The van der Waals surface area contributed by atoms with Crippen molar-refractivity contribution in [2.45, 2.75) is 13.8 Å². The van der Waals surface area contributed by atoms with E-state index in [-0.39, 0.29) is 45.7 Å². The molecule has 0 aliphatic rings. The molecule has 0 aliphatic carbocycles. The summed E-state index contributed by atoms with van der Waals surface area (Å²) in [5.74, 6) is -0.512. The normalized spacial score (nSPS) is 12.8. The fourth-order valence-electron chi connectivity index (χ4n) is 0.998. The van der Waals surface area contributed by atoms with Crippen molar-refractivity contribution in [1.29, 1.82) is 0 Å². The van der Waals surface area contributed by atoms with Gasteiger partial charge in [-0.25, -0.2) is 0 Å². The summed E-state index contributed by atoms with van der Waals surface area (Å²) in [7, 11) is 0. The van der Waals surface area contributed by atoms with Crippen LogP contribution in [-0.4, -0.2) is 46.9 Å². The van der Waals surface area contributed by atoms with E-state index in [2.05, 4.69) is 0 Å². The predicted octanol–water partition coefficient (Wildman–Crippen LogP) is -0.786. The summed E-state index contributed by atoms with van der Waals surface area (Å²) < 4.78 is 0. The molecule has 1 atom stereocenters. The van der Waals surface area contributed by atoms with Crippen molar-refractivity contribution < 1.29 is 20.4 Å². The van der Waals surface area contributed by atoms with Crippen LogP contribution in [0.25, 0.3) is 0 Å². The molecule has 0 bridgehead atoms. The Hall–Kier alpha value is -0.160. The molecule has 0 aromatic heterocycles. The third kappa shape index (κ3) is 4.66. The third-order valence-corrected chi connectivity index (χ3v) is 1.87. The second kappa shape index (κ2) is 8.93. The number of aliphatic hydroxyl groups excluding tert-OH is 4. The van der Waals surface area contributed by atoms with E-state index >= 15 is 0 Å². The Morgan fingerprint density at radius 1 is 0.750 bits per heavy atom. The van der Waals surface area contributed by atoms with Crippen molar-refractivity contribution in [2.24, 2.45) is 11.8 Å². The molecule has 76 valence electrons. The van der Waals surface area contributed by atoms with Crippen LogP contribution < -0.4 is 0 Å². The summed E-state index contributed by atoms with van der Waals surface area (Å²) in [5.41, 5.74) is 0. The molecular formula is C8H20O4. The molecule has 0 aliphatic heterocycles. The van der Waals surface area contributed by atoms with Gasteiger partial charge in [0.15, 0.2) is 0 Å². The van der Waals surface area contributed by atoms with Crippen molar-refractivity contribution in [2.75, 3.05) is 26.4 Å². The van der Waals surface area contributed by atoms with E-state index in [9.17, 15) is 0 Å². The standard InChI is InChI=1S/C7H16O4.CH4/c8-2-1-6(3-9)7(4-10)5-11;/h6-11H,1-5H2;1H4. The first-order valence-electron chi connectivity index (χ1n) is 3.73. The third-order valence-electron chi connectivity index (χ3n) is 1.87. The number of rotatable bonds is 6. The first kappa shape index (κ1) is 14.4. The van der Waals surface area contributed by atoms with E-state index < -0.39 is 0 Å². The molecule has 0 saturated heterocycles. The van der Waals surface area contributed by atoms with Gasteiger partial charge in [0, 0.05) is 32.3 Å². The van der Waals surface area contributed by atoms with Crippen LogP contribution in [-0.2, 0) is 0 Å². The lowest BCUT2D eigenvalue weighted by Crippen LogP contribution is -2.26. The number of hydrogen-bond acceptors (Lipinski definition) is 4. The SMILES string of the molecule is C.OCCC(CO)C(CO)CO. The van der Waals surface area contributed by atoms with Gasteiger partial charge in [-0.15, -0.1) is 0 Å². The van der Waals surface area contributed by atoms with Crippen molar-refractivity contribution in [1.82, 2.24) is 0 Å². The Balaban J connectivity index is 0. The zero-order valence-corrected chi connectivity index (χ0v) is 6.48. The van der Waals surface area contributed by atoms with E-state index in [1.165, 1.54) is 0 Å². The van der Waals surface area contributed by atoms with E-state index in [1.807, 2.05) is 0 Å². The van der Waals surface area contributed by atoms with Gasteiger partial charge in [-0.2, -0.15) is 0 Å². The highest BCUT2D eigenvalue weighted by atomic mass is 16.3. The van der Waals surface area contributed by atoms with E-state index in [0.717, 1.165) is 0 Å². The molecule has 0 amide bonds. The van der Waals surface area contributed by atoms with Gasteiger partial charge in [0.1, 0.15) is 0 Å². The average molecular weight is 180 g/mol. The van der Waals surface area contributed by atoms with E-state index in [4.69, 9.17) is 20.4 Å². The second-order valence-electron chi connectivity index (χ2n) is 2.58. The van der Waals surface area contributed by atoms with Gasteiger partial charge in [-0.05, 0) is 12.3 Å². The van der Waals surface area contributed by atoms with Gasteiger partial charge in [-0.1, -0.05) is 7.43 Å². The summed E-state index contributed by atoms with van der Waals surface area (Å²) >= 11 is 0. The summed E-state index contributed by atoms with van der Waals surface area (Å²) in [6.45, 7) is -0.433. The predicted molar refractivity (Wildman–Crippen MR) is 46.7 cm³/mol. The fraction of sp³-hybridized carbons (Fsp3) is 1.00. The highest BCUT2D eigenvalue weighted by Gasteiger charge is 2.18. The van der Waals surface area contributed by atoms with Crippen LogP contribution in [0.1, 0.15) is 13.8 Å². The van der Waals surface area contributed by atoms with Crippen LogP contribution in [0.2, 0.25) is 0 Å². The van der Waals surface area contributed by atoms with Crippen molar-refractivity contribution in [3.05, 3.63) is 0 Å². The summed E-state index contributed by atoms with van der Waals surface area (Å²) in [6.07, 6.45) is 0.419. The second-order valence-corrected chi connectivity index (χ2v) is 2.58. The molecule has 0 aromatic rings. The molecule has 0 saturated carbocycles. The summed E-state index contributed by atoms with van der Waals surface area (Å²) in [5, 5.41) is 34.7. The van der Waals surface area contributed by atoms with E-state index in [1.54, 1.807) is 0 Å². The highest BCUT2D eigenvalue weighted by molar-refractivity contribution is 4.67. The molecular weight excluding hydrogens is 160 g/mol. The molecule has 0 heterocycles. The minimum Gasteiger partial charge on any atom is -0.396 e. The molecule has 0 radical (unpaired) electrons. The van der Waals surface area contributed by atoms with Crippen LogP contribution in [0.5, 0.6) is 0 Å². The topological polar surface area (TPSA) is 80.9 Å². The van der Waals surface area contributed by atoms with Crippen molar-refractivity contribution in [3.8, 4) is 0 Å². The van der Waals surface area contributed by atoms with Gasteiger partial charge in [-0.3, -0.25) is 0 Å². The maximum Gasteiger partial charge on any atom is 0.0484 e. The lowest BCUT2D eigenvalue weighted by atomic mass is 9.92. The highest BCUT2D eigenvalue weighted by Crippen LogP contribution is 2.13. The van der Waals surface area contributed by atoms with Gasteiger partial charge < -0.3 is 20.4 Å². The minimum atomic E-state index is -0.313. The van der Waals surface area contributed by atoms with E-state index in [0.29, 0.717) is 6.42 Å². The smallest absolute Gasteiger partial charge is 0.0484 e. The molecule has 1 unspecified atom stereocenters. The first-order valence-corrected chi connectivity index (χ1v) is 3.73. The van der Waals surface area contributed by atoms with Crippen LogP contribution >= 0.6 is 0 Å². The maximum atomic E-state index is 8.76. The maximum absolute atomic E-state index is 8.76. The molecule has 0 fully saturated rings. The lowest BCUT2D eigenvalue weighted by Gasteiger charge is -2.20. The fourth-order valence-corrected chi connectivity index (χ4v) is 0.998.